The summed E-state index contributed by atoms with van der Waals surface area (Å²) in [4.78, 5) is 9.02. The zero-order valence-electron chi connectivity index (χ0n) is 22.5. The van der Waals surface area contributed by atoms with Crippen LogP contribution in [-0.4, -0.2) is 12.0 Å². The van der Waals surface area contributed by atoms with Gasteiger partial charge in [0.25, 0.3) is 0 Å². The van der Waals surface area contributed by atoms with E-state index in [0.717, 1.165) is 33.7 Å². The monoisotopic (exact) mass is 739 g/mol. The van der Waals surface area contributed by atoms with Gasteiger partial charge in [0, 0.05) is 54.8 Å². The van der Waals surface area contributed by atoms with Crippen molar-refractivity contribution in [3.63, 3.8) is 0 Å². The van der Waals surface area contributed by atoms with Crippen LogP contribution in [0.1, 0.15) is 26.3 Å². The van der Waals surface area contributed by atoms with Gasteiger partial charge in [-0.25, -0.2) is 0 Å². The number of pyridine rings is 1. The molecular weight excluding hydrogens is 714 g/mol. The van der Waals surface area contributed by atoms with Gasteiger partial charge in [0.05, 0.1) is 0 Å². The maximum absolute atomic E-state index is 6.41. The fourth-order valence-corrected chi connectivity index (χ4v) is 6.93. The molecule has 3 aromatic carbocycles. The Hall–Kier alpha value is -3.18. The summed E-state index contributed by atoms with van der Waals surface area (Å²) < 4.78 is 8.82. The second-order valence-corrected chi connectivity index (χ2v) is 12.7. The third kappa shape index (κ3) is 4.72. The predicted molar refractivity (Wildman–Crippen MR) is 165 cm³/mol. The van der Waals surface area contributed by atoms with Crippen molar-refractivity contribution in [2.75, 3.05) is 16.8 Å². The molecule has 7 heteroatoms. The van der Waals surface area contributed by atoms with E-state index in [0.29, 0.717) is 10.8 Å². The fourth-order valence-electron chi connectivity index (χ4n) is 5.02. The molecule has 0 spiro atoms. The van der Waals surface area contributed by atoms with Crippen molar-refractivity contribution in [1.29, 1.82) is 0 Å². The summed E-state index contributed by atoms with van der Waals surface area (Å²) in [5, 5.41) is 5.13. The van der Waals surface area contributed by atoms with Gasteiger partial charge in [-0.2, -0.15) is 29.5 Å². The number of thiophene rings is 2. The van der Waals surface area contributed by atoms with Crippen molar-refractivity contribution in [2.24, 2.45) is 0 Å². The molecule has 4 nitrogen and oxygen atoms in total. The third-order valence-corrected chi connectivity index (χ3v) is 8.92. The molecule has 0 radical (unpaired) electrons. The summed E-state index contributed by atoms with van der Waals surface area (Å²) in [6.45, 7) is 8.76. The van der Waals surface area contributed by atoms with Gasteiger partial charge in [-0.15, -0.1) is 41.3 Å². The van der Waals surface area contributed by atoms with E-state index in [1.165, 1.54) is 20.3 Å². The average molecular weight is 740 g/mol. The number of hydrogen-bond acceptors (Lipinski definition) is 6. The summed E-state index contributed by atoms with van der Waals surface area (Å²) >= 11 is 3.37. The Morgan fingerprint density at radius 2 is 1.77 bits per heavy atom. The maximum atomic E-state index is 6.41. The van der Waals surface area contributed by atoms with Gasteiger partial charge in [-0.05, 0) is 53.1 Å². The van der Waals surface area contributed by atoms with E-state index >= 15 is 0 Å². The molecule has 40 heavy (non-hydrogen) atoms. The molecule has 3 aromatic heterocycles. The van der Waals surface area contributed by atoms with Crippen molar-refractivity contribution >= 4 is 59.9 Å². The summed E-state index contributed by atoms with van der Waals surface area (Å²) in [7, 11) is 2.06. The molecule has 1 aliphatic rings. The Labute approximate surface area is 257 Å². The molecule has 0 fully saturated rings. The van der Waals surface area contributed by atoms with E-state index in [2.05, 4.69) is 116 Å². The molecule has 0 atom stereocenters. The van der Waals surface area contributed by atoms with Gasteiger partial charge in [-0.1, -0.05) is 55.3 Å². The van der Waals surface area contributed by atoms with Gasteiger partial charge in [0.1, 0.15) is 5.06 Å². The van der Waals surface area contributed by atoms with Crippen LogP contribution in [0.5, 0.6) is 10.8 Å². The first kappa shape index (κ1) is 27.0. The minimum atomic E-state index is 0. The number of aromatic nitrogens is 1. The molecule has 0 aliphatic carbocycles. The predicted octanol–water partition coefficient (Wildman–Crippen LogP) is 9.57. The Morgan fingerprint density at radius 3 is 2.60 bits per heavy atom. The van der Waals surface area contributed by atoms with Crippen LogP contribution in [-0.2, 0) is 26.5 Å². The van der Waals surface area contributed by atoms with Crippen molar-refractivity contribution in [1.82, 2.24) is 4.98 Å². The molecule has 0 saturated heterocycles. The number of fused-ring (bicyclic) bond motifs is 4. The molecular formula is C33H26N3OPtS2-3. The maximum Gasteiger partial charge on any atom is 0.107 e. The van der Waals surface area contributed by atoms with E-state index in [9.17, 15) is 0 Å². The van der Waals surface area contributed by atoms with Crippen LogP contribution < -0.4 is 14.5 Å². The van der Waals surface area contributed by atoms with Crippen LogP contribution in [0, 0.1) is 18.8 Å². The summed E-state index contributed by atoms with van der Waals surface area (Å²) in [6, 6.07) is 30.1. The first-order valence-electron chi connectivity index (χ1n) is 12.8. The van der Waals surface area contributed by atoms with E-state index in [1.54, 1.807) is 22.7 Å². The first-order chi connectivity index (χ1) is 18.8. The second kappa shape index (κ2) is 10.3. The summed E-state index contributed by atoms with van der Waals surface area (Å²) in [5.41, 5.74) is 6.55. The van der Waals surface area contributed by atoms with Crippen LogP contribution >= 0.6 is 22.7 Å². The zero-order chi connectivity index (χ0) is 26.7. The Kier molecular flexibility index (Phi) is 6.98. The minimum absolute atomic E-state index is 0. The molecule has 0 amide bonds. The van der Waals surface area contributed by atoms with Crippen LogP contribution in [0.2, 0.25) is 0 Å². The van der Waals surface area contributed by atoms with Crippen LogP contribution in [0.4, 0.5) is 17.1 Å². The molecule has 1 aliphatic heterocycles. The number of para-hydroxylation sites is 2. The number of benzene rings is 3. The van der Waals surface area contributed by atoms with E-state index in [1.807, 2.05) is 18.3 Å². The Bertz CT molecular complexity index is 1850. The molecule has 0 bridgehead atoms. The molecule has 7 rings (SSSR count). The SMILES string of the molecule is CN1[CH-]N(c2[c-]c(Oc3[c-]c4c(-c5cc(C(C)(C)C)ccn5)cc5sccc5c4s3)ccc2)c2ccccc21.[Pt]. The molecule has 204 valence electrons. The smallest absolute Gasteiger partial charge is 0.107 e. The minimum Gasteiger partial charge on any atom is -0.504 e. The van der Waals surface area contributed by atoms with Crippen LogP contribution in [0.25, 0.3) is 31.4 Å². The van der Waals surface area contributed by atoms with Crippen LogP contribution in [0.15, 0.2) is 78.3 Å². The number of hydrogen-bond donors (Lipinski definition) is 0. The van der Waals surface area contributed by atoms with E-state index in [4.69, 9.17) is 9.72 Å². The summed E-state index contributed by atoms with van der Waals surface area (Å²) in [5.74, 6) is 0.659. The Morgan fingerprint density at radius 1 is 0.950 bits per heavy atom. The van der Waals surface area contributed by atoms with Crippen molar-refractivity contribution < 1.29 is 25.8 Å². The van der Waals surface area contributed by atoms with Gasteiger partial charge in [0.15, 0.2) is 0 Å². The molecule has 4 heterocycles. The van der Waals surface area contributed by atoms with Crippen molar-refractivity contribution in [3.05, 3.63) is 103 Å². The van der Waals surface area contributed by atoms with E-state index in [-0.39, 0.29) is 26.5 Å². The number of nitrogens with zero attached hydrogens (tertiary/aromatic N) is 3. The number of rotatable bonds is 4. The van der Waals surface area contributed by atoms with Gasteiger partial charge in [-0.3, -0.25) is 4.98 Å². The third-order valence-electron chi connectivity index (χ3n) is 7.06. The average Bonchev–Trinajstić information content (AvgIpc) is 3.65. The van der Waals surface area contributed by atoms with Gasteiger partial charge >= 0.3 is 0 Å². The standard InChI is InChI=1S/C33H26N3OS2.Pt/c1-33(2,3)21-12-14-34-27(16-21)25-18-30-24(13-15-38-30)32-26(25)19-31(39-32)37-23-9-7-8-22(17-23)36-20-35(4)28-10-5-6-11-29(28)36;/h5-16,18,20H,1-4H3;/q-3;. The summed E-state index contributed by atoms with van der Waals surface area (Å²) in [6.07, 6.45) is 1.91. The molecule has 0 saturated carbocycles. The Balaban J connectivity index is 0.00000289. The first-order valence-corrected chi connectivity index (χ1v) is 14.5. The van der Waals surface area contributed by atoms with Crippen LogP contribution in [0.3, 0.4) is 0 Å². The fraction of sp³-hybridized carbons (Fsp3) is 0.152. The van der Waals surface area contributed by atoms with Crippen molar-refractivity contribution in [3.8, 4) is 22.1 Å². The molecule has 0 unspecified atom stereocenters. The molecule has 6 aromatic rings. The van der Waals surface area contributed by atoms with Crippen molar-refractivity contribution in [2.45, 2.75) is 26.2 Å². The number of anilines is 3. The largest absolute Gasteiger partial charge is 0.504 e. The normalized spacial score (nSPS) is 13.1. The van der Waals surface area contributed by atoms with E-state index < -0.39 is 0 Å². The second-order valence-electron chi connectivity index (χ2n) is 10.7. The number of ether oxygens (including phenoxy) is 1. The van der Waals surface area contributed by atoms with Gasteiger partial charge < -0.3 is 14.5 Å². The molecule has 0 N–H and O–H groups in total. The van der Waals surface area contributed by atoms with Gasteiger partial charge in [0.2, 0.25) is 0 Å². The topological polar surface area (TPSA) is 28.6 Å². The zero-order valence-corrected chi connectivity index (χ0v) is 26.4. The quantitative estimate of drug-likeness (QED) is 0.169.